The Morgan fingerprint density at radius 1 is 1.53 bits per heavy atom. The molecule has 0 aromatic carbocycles. The fourth-order valence-electron chi connectivity index (χ4n) is 1.21. The quantitative estimate of drug-likeness (QED) is 0.843. The van der Waals surface area contributed by atoms with Gasteiger partial charge in [0, 0.05) is 18.4 Å². The molecule has 1 rings (SSSR count). The van der Waals surface area contributed by atoms with Gasteiger partial charge in [-0.05, 0) is 12.0 Å². The molecular formula is C10H15ClN2O3S. The van der Waals surface area contributed by atoms with Crippen molar-refractivity contribution in [3.05, 3.63) is 23.5 Å². The van der Waals surface area contributed by atoms with Crippen molar-refractivity contribution in [1.82, 2.24) is 9.71 Å². The maximum atomic E-state index is 12.0. The third-order valence-corrected chi connectivity index (χ3v) is 4.29. The molecule has 0 saturated heterocycles. The van der Waals surface area contributed by atoms with E-state index in [4.69, 9.17) is 16.7 Å². The Labute approximate surface area is 106 Å². The molecule has 0 fully saturated rings. The van der Waals surface area contributed by atoms with Crippen LogP contribution in [0.3, 0.4) is 0 Å². The summed E-state index contributed by atoms with van der Waals surface area (Å²) in [7, 11) is -3.75. The Kier molecular flexibility index (Phi) is 4.88. The summed E-state index contributed by atoms with van der Waals surface area (Å²) in [5.41, 5.74) is 0. The van der Waals surface area contributed by atoms with Crippen molar-refractivity contribution in [2.24, 2.45) is 5.92 Å². The number of hydrogen-bond acceptors (Lipinski definition) is 4. The molecule has 7 heteroatoms. The number of nitrogens with zero attached hydrogens (tertiary/aromatic N) is 1. The first-order valence-electron chi connectivity index (χ1n) is 5.11. The van der Waals surface area contributed by atoms with Crippen LogP contribution in [0.2, 0.25) is 5.02 Å². The van der Waals surface area contributed by atoms with Crippen LogP contribution in [0.4, 0.5) is 0 Å². The molecule has 0 saturated carbocycles. The van der Waals surface area contributed by atoms with Gasteiger partial charge in [-0.25, -0.2) is 13.1 Å². The van der Waals surface area contributed by atoms with Gasteiger partial charge in [-0.1, -0.05) is 25.4 Å². The van der Waals surface area contributed by atoms with Crippen LogP contribution >= 0.6 is 11.6 Å². The lowest BCUT2D eigenvalue weighted by Crippen LogP contribution is -2.41. The van der Waals surface area contributed by atoms with Gasteiger partial charge in [0.05, 0.1) is 11.6 Å². The molecule has 1 heterocycles. The molecule has 96 valence electrons. The first-order chi connectivity index (χ1) is 7.88. The number of aliphatic hydroxyl groups excluding tert-OH is 1. The summed E-state index contributed by atoms with van der Waals surface area (Å²) >= 11 is 5.79. The van der Waals surface area contributed by atoms with E-state index in [-0.39, 0.29) is 22.4 Å². The fourth-order valence-corrected chi connectivity index (χ4v) is 3.01. The predicted octanol–water partition coefficient (Wildman–Crippen LogP) is 1.03. The highest BCUT2D eigenvalue weighted by Gasteiger charge is 2.23. The van der Waals surface area contributed by atoms with Gasteiger partial charge in [0.1, 0.15) is 4.90 Å². The maximum absolute atomic E-state index is 12.0. The molecule has 0 bridgehead atoms. The van der Waals surface area contributed by atoms with Crippen molar-refractivity contribution in [2.75, 3.05) is 6.61 Å². The van der Waals surface area contributed by atoms with Gasteiger partial charge >= 0.3 is 0 Å². The van der Waals surface area contributed by atoms with E-state index >= 15 is 0 Å². The van der Waals surface area contributed by atoms with E-state index in [2.05, 4.69) is 9.71 Å². The van der Waals surface area contributed by atoms with Crippen molar-refractivity contribution in [1.29, 1.82) is 0 Å². The summed E-state index contributed by atoms with van der Waals surface area (Å²) in [6, 6.07) is 0.857. The average molecular weight is 279 g/mol. The van der Waals surface area contributed by atoms with Crippen LogP contribution in [-0.4, -0.2) is 31.2 Å². The summed E-state index contributed by atoms with van der Waals surface area (Å²) < 4.78 is 26.4. The van der Waals surface area contributed by atoms with Gasteiger partial charge in [0.25, 0.3) is 0 Å². The highest BCUT2D eigenvalue weighted by molar-refractivity contribution is 7.89. The lowest BCUT2D eigenvalue weighted by molar-refractivity contribution is 0.227. The summed E-state index contributed by atoms with van der Waals surface area (Å²) in [4.78, 5) is 3.64. The minimum absolute atomic E-state index is 0.0229. The molecule has 0 spiro atoms. The van der Waals surface area contributed by atoms with E-state index in [9.17, 15) is 8.42 Å². The van der Waals surface area contributed by atoms with E-state index in [1.807, 2.05) is 13.8 Å². The Hall–Kier alpha value is -0.690. The molecule has 17 heavy (non-hydrogen) atoms. The van der Waals surface area contributed by atoms with Crippen molar-refractivity contribution in [2.45, 2.75) is 24.8 Å². The monoisotopic (exact) mass is 278 g/mol. The van der Waals surface area contributed by atoms with Gasteiger partial charge in [-0.15, -0.1) is 0 Å². The molecule has 0 aliphatic carbocycles. The maximum Gasteiger partial charge on any atom is 0.243 e. The van der Waals surface area contributed by atoms with E-state index in [1.165, 1.54) is 18.5 Å². The van der Waals surface area contributed by atoms with Crippen molar-refractivity contribution < 1.29 is 13.5 Å². The SMILES string of the molecule is CC(C)[C@@H](CO)NS(=O)(=O)c1cnccc1Cl. The molecule has 0 unspecified atom stereocenters. The summed E-state index contributed by atoms with van der Waals surface area (Å²) in [5, 5.41) is 9.21. The standard InChI is InChI=1S/C10H15ClN2O3S/c1-7(2)9(6-14)13-17(15,16)10-5-12-4-3-8(10)11/h3-5,7,9,13-14H,6H2,1-2H3/t9-/m1/s1. The van der Waals surface area contributed by atoms with Crippen molar-refractivity contribution >= 4 is 21.6 Å². The Morgan fingerprint density at radius 3 is 2.65 bits per heavy atom. The van der Waals surface area contributed by atoms with Crippen LogP contribution in [0.5, 0.6) is 0 Å². The highest BCUT2D eigenvalue weighted by atomic mass is 35.5. The van der Waals surface area contributed by atoms with Gasteiger partial charge in [-0.2, -0.15) is 0 Å². The zero-order chi connectivity index (χ0) is 13.1. The second-order valence-electron chi connectivity index (χ2n) is 3.96. The number of sulfonamides is 1. The summed E-state index contributed by atoms with van der Waals surface area (Å²) in [6.45, 7) is 3.36. The fraction of sp³-hybridized carbons (Fsp3) is 0.500. The van der Waals surface area contributed by atoms with E-state index in [0.29, 0.717) is 0 Å². The molecule has 0 radical (unpaired) electrons. The number of hydrogen-bond donors (Lipinski definition) is 2. The second kappa shape index (κ2) is 5.77. The topological polar surface area (TPSA) is 79.3 Å². The zero-order valence-corrected chi connectivity index (χ0v) is 11.2. The Morgan fingerprint density at radius 2 is 2.18 bits per heavy atom. The van der Waals surface area contributed by atoms with Gasteiger partial charge in [0.15, 0.2) is 0 Å². The van der Waals surface area contributed by atoms with Crippen molar-refractivity contribution in [3.8, 4) is 0 Å². The van der Waals surface area contributed by atoms with Crippen LogP contribution in [0.1, 0.15) is 13.8 Å². The van der Waals surface area contributed by atoms with Crippen LogP contribution in [0, 0.1) is 5.92 Å². The molecule has 0 aliphatic heterocycles. The van der Waals surface area contributed by atoms with Crippen LogP contribution < -0.4 is 4.72 Å². The van der Waals surface area contributed by atoms with E-state index in [0.717, 1.165) is 0 Å². The molecule has 2 N–H and O–H groups in total. The normalized spacial score (nSPS) is 13.9. The first kappa shape index (κ1) is 14.4. The molecular weight excluding hydrogens is 264 g/mol. The Balaban J connectivity index is 3.01. The number of nitrogens with one attached hydrogen (secondary N) is 1. The van der Waals surface area contributed by atoms with Crippen LogP contribution in [0.25, 0.3) is 0 Å². The molecule has 0 aliphatic rings. The number of rotatable bonds is 5. The minimum atomic E-state index is -3.75. The van der Waals surface area contributed by atoms with Crippen LogP contribution in [0.15, 0.2) is 23.4 Å². The van der Waals surface area contributed by atoms with Gasteiger partial charge in [-0.3, -0.25) is 4.98 Å². The third kappa shape index (κ3) is 3.64. The lowest BCUT2D eigenvalue weighted by Gasteiger charge is -2.19. The molecule has 1 aromatic rings. The number of aliphatic hydroxyl groups is 1. The number of pyridine rings is 1. The van der Waals surface area contributed by atoms with Gasteiger partial charge < -0.3 is 5.11 Å². The van der Waals surface area contributed by atoms with Crippen molar-refractivity contribution in [3.63, 3.8) is 0 Å². The molecule has 0 amide bonds. The largest absolute Gasteiger partial charge is 0.395 e. The van der Waals surface area contributed by atoms with Gasteiger partial charge in [0.2, 0.25) is 10.0 Å². The predicted molar refractivity (Wildman–Crippen MR) is 65.3 cm³/mol. The van der Waals surface area contributed by atoms with E-state index < -0.39 is 16.1 Å². The van der Waals surface area contributed by atoms with E-state index in [1.54, 1.807) is 0 Å². The average Bonchev–Trinajstić information content (AvgIpc) is 2.26. The summed E-state index contributed by atoms with van der Waals surface area (Å²) in [5.74, 6) is -0.0229. The first-order valence-corrected chi connectivity index (χ1v) is 6.97. The molecule has 1 aromatic heterocycles. The number of aromatic nitrogens is 1. The molecule has 5 nitrogen and oxygen atoms in total. The second-order valence-corrected chi connectivity index (χ2v) is 6.05. The zero-order valence-electron chi connectivity index (χ0n) is 9.59. The minimum Gasteiger partial charge on any atom is -0.395 e. The third-order valence-electron chi connectivity index (χ3n) is 2.33. The Bertz CT molecular complexity index is 476. The van der Waals surface area contributed by atoms with Crippen LogP contribution in [-0.2, 0) is 10.0 Å². The molecule has 1 atom stereocenters. The summed E-state index contributed by atoms with van der Waals surface area (Å²) in [6.07, 6.45) is 2.59. The highest BCUT2D eigenvalue weighted by Crippen LogP contribution is 2.19. The number of halogens is 1. The smallest absolute Gasteiger partial charge is 0.243 e. The lowest BCUT2D eigenvalue weighted by atomic mass is 10.1.